The number of aryl methyl sites for hydroxylation is 1. The fraction of sp³-hybridized carbons (Fsp3) is 0.0870. The molecule has 0 atom stereocenters. The van der Waals surface area contributed by atoms with E-state index in [0.29, 0.717) is 21.0 Å². The molecule has 0 spiro atoms. The van der Waals surface area contributed by atoms with Crippen LogP contribution < -0.4 is 5.32 Å². The van der Waals surface area contributed by atoms with Crippen molar-refractivity contribution in [1.82, 2.24) is 14.8 Å². The van der Waals surface area contributed by atoms with Crippen molar-refractivity contribution in [2.75, 3.05) is 11.1 Å². The van der Waals surface area contributed by atoms with Crippen molar-refractivity contribution >= 4 is 46.6 Å². The van der Waals surface area contributed by atoms with Crippen LogP contribution in [0.2, 0.25) is 10.0 Å². The molecule has 1 N–H and O–H groups in total. The van der Waals surface area contributed by atoms with Crippen LogP contribution >= 0.6 is 35.0 Å². The second kappa shape index (κ2) is 9.56. The van der Waals surface area contributed by atoms with E-state index in [1.165, 1.54) is 11.8 Å². The van der Waals surface area contributed by atoms with Gasteiger partial charge in [0.2, 0.25) is 5.91 Å². The van der Waals surface area contributed by atoms with Gasteiger partial charge < -0.3 is 5.32 Å². The van der Waals surface area contributed by atoms with Gasteiger partial charge in [0.15, 0.2) is 11.0 Å². The summed E-state index contributed by atoms with van der Waals surface area (Å²) in [5.74, 6) is 0.740. The Balaban J connectivity index is 1.58. The van der Waals surface area contributed by atoms with Crippen LogP contribution in [0.4, 0.5) is 5.69 Å². The number of hydrogen-bond acceptors (Lipinski definition) is 4. The lowest BCUT2D eigenvalue weighted by Crippen LogP contribution is -2.15. The van der Waals surface area contributed by atoms with Crippen molar-refractivity contribution in [3.63, 3.8) is 0 Å². The lowest BCUT2D eigenvalue weighted by Gasteiger charge is -2.11. The third kappa shape index (κ3) is 5.10. The second-order valence-electron chi connectivity index (χ2n) is 6.78. The quantitative estimate of drug-likeness (QED) is 0.338. The molecule has 4 aromatic rings. The Kier molecular flexibility index (Phi) is 6.61. The minimum absolute atomic E-state index is 0.137. The summed E-state index contributed by atoms with van der Waals surface area (Å²) in [6.07, 6.45) is 0. The van der Waals surface area contributed by atoms with Crippen molar-refractivity contribution in [2.45, 2.75) is 12.1 Å². The van der Waals surface area contributed by atoms with Gasteiger partial charge in [0, 0.05) is 27.0 Å². The summed E-state index contributed by atoms with van der Waals surface area (Å²) >= 11 is 13.4. The molecule has 31 heavy (non-hydrogen) atoms. The molecule has 3 aromatic carbocycles. The number of rotatable bonds is 6. The smallest absolute Gasteiger partial charge is 0.234 e. The number of benzene rings is 3. The molecular weight excluding hydrogens is 451 g/mol. The molecule has 0 unspecified atom stereocenters. The maximum atomic E-state index is 12.6. The van der Waals surface area contributed by atoms with Gasteiger partial charge in [0.1, 0.15) is 0 Å². The minimum atomic E-state index is -0.137. The summed E-state index contributed by atoms with van der Waals surface area (Å²) in [5, 5.41) is 13.5. The number of hydrogen-bond donors (Lipinski definition) is 1. The topological polar surface area (TPSA) is 59.8 Å². The number of carbonyl (C=O) groups is 1. The van der Waals surface area contributed by atoms with E-state index >= 15 is 0 Å². The number of nitrogens with one attached hydrogen (secondary N) is 1. The highest BCUT2D eigenvalue weighted by molar-refractivity contribution is 7.99. The molecule has 5 nitrogen and oxygen atoms in total. The lowest BCUT2D eigenvalue weighted by atomic mass is 10.2. The number of amides is 1. The van der Waals surface area contributed by atoms with Crippen LogP contribution in [-0.4, -0.2) is 26.4 Å². The van der Waals surface area contributed by atoms with E-state index in [9.17, 15) is 4.79 Å². The Morgan fingerprint density at radius 3 is 2.39 bits per heavy atom. The molecule has 0 aliphatic carbocycles. The first-order valence-electron chi connectivity index (χ1n) is 9.47. The van der Waals surface area contributed by atoms with E-state index < -0.39 is 0 Å². The van der Waals surface area contributed by atoms with Crippen LogP contribution in [0.1, 0.15) is 5.56 Å². The SMILES string of the molecule is Cc1cc(Cl)ccc1NC(=O)CSc1nnc(-c2ccccc2)n1-c1ccc(Cl)cc1. The number of anilines is 1. The molecule has 0 saturated carbocycles. The number of carbonyl (C=O) groups excluding carboxylic acids is 1. The van der Waals surface area contributed by atoms with Crippen molar-refractivity contribution in [1.29, 1.82) is 0 Å². The third-order valence-corrected chi connectivity index (χ3v) is 5.96. The van der Waals surface area contributed by atoms with Gasteiger partial charge in [0.05, 0.1) is 5.75 Å². The van der Waals surface area contributed by atoms with Crippen LogP contribution in [0.3, 0.4) is 0 Å². The van der Waals surface area contributed by atoms with Crippen LogP contribution in [0.25, 0.3) is 17.1 Å². The van der Waals surface area contributed by atoms with Gasteiger partial charge in [0.25, 0.3) is 0 Å². The number of nitrogens with zero attached hydrogens (tertiary/aromatic N) is 3. The summed E-state index contributed by atoms with van der Waals surface area (Å²) in [6.45, 7) is 1.90. The van der Waals surface area contributed by atoms with Gasteiger partial charge in [-0.1, -0.05) is 65.3 Å². The number of aromatic nitrogens is 3. The Morgan fingerprint density at radius 2 is 1.68 bits per heavy atom. The molecule has 0 radical (unpaired) electrons. The fourth-order valence-corrected chi connectivity index (χ4v) is 4.15. The third-order valence-electron chi connectivity index (χ3n) is 4.55. The molecule has 156 valence electrons. The molecule has 1 amide bonds. The first-order chi connectivity index (χ1) is 15.0. The van der Waals surface area contributed by atoms with Crippen LogP contribution in [0.15, 0.2) is 78.0 Å². The van der Waals surface area contributed by atoms with Crippen molar-refractivity contribution in [2.24, 2.45) is 0 Å². The second-order valence-corrected chi connectivity index (χ2v) is 8.60. The largest absolute Gasteiger partial charge is 0.325 e. The zero-order chi connectivity index (χ0) is 21.8. The van der Waals surface area contributed by atoms with Gasteiger partial charge in [-0.15, -0.1) is 10.2 Å². The van der Waals surface area contributed by atoms with Gasteiger partial charge in [-0.25, -0.2) is 0 Å². The Morgan fingerprint density at radius 1 is 0.968 bits per heavy atom. The number of halogens is 2. The average Bonchev–Trinajstić information content (AvgIpc) is 3.19. The molecule has 0 aliphatic heterocycles. The van der Waals surface area contributed by atoms with Gasteiger partial charge >= 0.3 is 0 Å². The Labute approximate surface area is 194 Å². The Bertz CT molecular complexity index is 1210. The maximum Gasteiger partial charge on any atom is 0.234 e. The van der Waals surface area contributed by atoms with Crippen LogP contribution in [0, 0.1) is 6.92 Å². The molecule has 0 saturated heterocycles. The normalized spacial score (nSPS) is 10.8. The number of thioether (sulfide) groups is 1. The summed E-state index contributed by atoms with van der Waals surface area (Å²) in [5.41, 5.74) is 3.43. The summed E-state index contributed by atoms with van der Waals surface area (Å²) in [6, 6.07) is 22.6. The zero-order valence-electron chi connectivity index (χ0n) is 16.5. The molecule has 0 fully saturated rings. The first kappa shape index (κ1) is 21.4. The lowest BCUT2D eigenvalue weighted by molar-refractivity contribution is -0.113. The van der Waals surface area contributed by atoms with E-state index in [-0.39, 0.29) is 11.7 Å². The van der Waals surface area contributed by atoms with Crippen molar-refractivity contribution < 1.29 is 4.79 Å². The molecule has 8 heteroatoms. The maximum absolute atomic E-state index is 12.6. The molecule has 4 rings (SSSR count). The first-order valence-corrected chi connectivity index (χ1v) is 11.2. The Hall–Kier alpha value is -2.80. The standard InChI is InChI=1S/C23H18Cl2N4OS/c1-15-13-18(25)9-12-20(15)26-21(30)14-31-23-28-27-22(16-5-3-2-4-6-16)29(23)19-10-7-17(24)8-11-19/h2-13H,14H2,1H3,(H,26,30). The van der Waals surface area contributed by atoms with E-state index in [1.807, 2.05) is 72.2 Å². The van der Waals surface area contributed by atoms with E-state index in [1.54, 1.807) is 12.1 Å². The fourth-order valence-electron chi connectivity index (χ4n) is 3.04. The molecular formula is C23H18Cl2N4OS. The zero-order valence-corrected chi connectivity index (χ0v) is 18.9. The highest BCUT2D eigenvalue weighted by Gasteiger charge is 2.17. The summed E-state index contributed by atoms with van der Waals surface area (Å²) < 4.78 is 1.93. The van der Waals surface area contributed by atoms with E-state index in [0.717, 1.165) is 22.5 Å². The molecule has 0 bridgehead atoms. The van der Waals surface area contributed by atoms with Crippen molar-refractivity contribution in [3.05, 3.63) is 88.4 Å². The van der Waals surface area contributed by atoms with Gasteiger partial charge in [-0.2, -0.15) is 0 Å². The monoisotopic (exact) mass is 468 g/mol. The van der Waals surface area contributed by atoms with Crippen LogP contribution in [-0.2, 0) is 4.79 Å². The van der Waals surface area contributed by atoms with Crippen molar-refractivity contribution in [3.8, 4) is 17.1 Å². The summed E-state index contributed by atoms with van der Waals surface area (Å²) in [7, 11) is 0. The highest BCUT2D eigenvalue weighted by Crippen LogP contribution is 2.29. The molecule has 0 aliphatic rings. The van der Waals surface area contributed by atoms with E-state index in [4.69, 9.17) is 23.2 Å². The van der Waals surface area contributed by atoms with Gasteiger partial charge in [-0.3, -0.25) is 9.36 Å². The van der Waals surface area contributed by atoms with Gasteiger partial charge in [-0.05, 0) is 55.0 Å². The minimum Gasteiger partial charge on any atom is -0.325 e. The average molecular weight is 469 g/mol. The predicted molar refractivity (Wildman–Crippen MR) is 127 cm³/mol. The predicted octanol–water partition coefficient (Wildman–Crippen LogP) is 6.28. The van der Waals surface area contributed by atoms with Crippen LogP contribution in [0.5, 0.6) is 0 Å². The molecule has 1 heterocycles. The molecule has 1 aromatic heterocycles. The summed E-state index contributed by atoms with van der Waals surface area (Å²) in [4.78, 5) is 12.6. The highest BCUT2D eigenvalue weighted by atomic mass is 35.5. The van der Waals surface area contributed by atoms with E-state index in [2.05, 4.69) is 15.5 Å².